The van der Waals surface area contributed by atoms with Crippen molar-refractivity contribution in [1.29, 1.82) is 0 Å². The van der Waals surface area contributed by atoms with Gasteiger partial charge in [-0.25, -0.2) is 14.5 Å². The Bertz CT molecular complexity index is 494. The lowest BCUT2D eigenvalue weighted by Gasteiger charge is -2.28. The Morgan fingerprint density at radius 1 is 1.24 bits per heavy atom. The van der Waals surface area contributed by atoms with Gasteiger partial charge in [-0.15, -0.1) is 0 Å². The van der Waals surface area contributed by atoms with Gasteiger partial charge in [0, 0.05) is 20.1 Å². The summed E-state index contributed by atoms with van der Waals surface area (Å²) in [6.07, 6.45) is -1.29. The van der Waals surface area contributed by atoms with Crippen molar-refractivity contribution in [3.8, 4) is 0 Å². The molecule has 2 aliphatic rings. The Morgan fingerprint density at radius 2 is 1.88 bits per heavy atom. The van der Waals surface area contributed by atoms with Crippen molar-refractivity contribution in [1.82, 2.24) is 15.1 Å². The maximum atomic E-state index is 12.7. The summed E-state index contributed by atoms with van der Waals surface area (Å²) in [5.74, 6) is -0.569. The van der Waals surface area contributed by atoms with Gasteiger partial charge in [0.1, 0.15) is 0 Å². The predicted molar refractivity (Wildman–Crippen MR) is 84.9 cm³/mol. The van der Waals surface area contributed by atoms with E-state index in [2.05, 4.69) is 5.32 Å². The van der Waals surface area contributed by atoms with Gasteiger partial charge in [0.25, 0.3) is 0 Å². The fourth-order valence-electron chi connectivity index (χ4n) is 2.11. The number of imide groups is 2. The average molecular weight is 359 g/mol. The fourth-order valence-corrected chi connectivity index (χ4v) is 2.11. The molecule has 2 rings (SSSR count). The van der Waals surface area contributed by atoms with Crippen LogP contribution in [-0.4, -0.2) is 97.2 Å². The molecule has 3 unspecified atom stereocenters. The summed E-state index contributed by atoms with van der Waals surface area (Å²) in [5.41, 5.74) is 0. The molecule has 2 fully saturated rings. The van der Waals surface area contributed by atoms with Gasteiger partial charge in [0.05, 0.1) is 51.2 Å². The molecule has 5 amide bonds. The van der Waals surface area contributed by atoms with Crippen LogP contribution in [0.5, 0.6) is 0 Å². The van der Waals surface area contributed by atoms with Gasteiger partial charge in [-0.1, -0.05) is 0 Å². The van der Waals surface area contributed by atoms with Crippen LogP contribution in [-0.2, 0) is 19.0 Å². The topological polar surface area (TPSA) is 124 Å². The number of amides is 5. The number of epoxide rings is 2. The van der Waals surface area contributed by atoms with Gasteiger partial charge in [-0.2, -0.15) is 0 Å². The number of carbonyl (C=O) groups is 3. The fraction of sp³-hybridized carbons (Fsp3) is 0.800. The largest absolute Gasteiger partial charge is 0.389 e. The van der Waals surface area contributed by atoms with Crippen molar-refractivity contribution in [2.45, 2.75) is 32.2 Å². The summed E-state index contributed by atoms with van der Waals surface area (Å²) in [5, 5.41) is 12.5. The monoisotopic (exact) mass is 359 g/mol. The van der Waals surface area contributed by atoms with E-state index in [4.69, 9.17) is 14.2 Å². The molecule has 2 aliphatic heterocycles. The van der Waals surface area contributed by atoms with Crippen LogP contribution in [0.15, 0.2) is 0 Å². The molecule has 0 saturated carbocycles. The normalized spacial score (nSPS) is 22.0. The highest BCUT2D eigenvalue weighted by molar-refractivity contribution is 6.01. The van der Waals surface area contributed by atoms with Crippen LogP contribution in [0.2, 0.25) is 0 Å². The van der Waals surface area contributed by atoms with Gasteiger partial charge >= 0.3 is 12.1 Å². The SMILES string of the molecule is CCOCC(O)CN(C(C)=O)C(=O)N(CC1CO1)C(=O)NCC1CO1. The molecule has 10 heteroatoms. The minimum Gasteiger partial charge on any atom is -0.389 e. The zero-order valence-electron chi connectivity index (χ0n) is 14.5. The van der Waals surface area contributed by atoms with Crippen molar-refractivity contribution < 1.29 is 33.7 Å². The molecule has 0 aromatic heterocycles. The Labute approximate surface area is 146 Å². The summed E-state index contributed by atoms with van der Waals surface area (Å²) < 4.78 is 15.2. The minimum absolute atomic E-state index is 0.00941. The molecule has 2 saturated heterocycles. The van der Waals surface area contributed by atoms with Crippen LogP contribution in [0, 0.1) is 0 Å². The van der Waals surface area contributed by atoms with Gasteiger partial charge in [0.15, 0.2) is 0 Å². The summed E-state index contributed by atoms with van der Waals surface area (Å²) in [6, 6.07) is -1.42. The third kappa shape index (κ3) is 6.58. The third-order valence-corrected chi connectivity index (χ3v) is 3.67. The molecular formula is C15H25N3O7. The van der Waals surface area contributed by atoms with E-state index >= 15 is 0 Å². The molecular weight excluding hydrogens is 334 g/mol. The molecule has 0 bridgehead atoms. The zero-order valence-corrected chi connectivity index (χ0v) is 14.5. The zero-order chi connectivity index (χ0) is 18.4. The second-order valence-corrected chi connectivity index (χ2v) is 5.93. The van der Waals surface area contributed by atoms with Crippen molar-refractivity contribution in [3.05, 3.63) is 0 Å². The van der Waals surface area contributed by atoms with Crippen molar-refractivity contribution >= 4 is 18.0 Å². The van der Waals surface area contributed by atoms with Crippen LogP contribution >= 0.6 is 0 Å². The average Bonchev–Trinajstić information content (AvgIpc) is 3.46. The molecule has 0 aliphatic carbocycles. The van der Waals surface area contributed by atoms with Gasteiger partial charge in [-0.05, 0) is 6.92 Å². The van der Waals surface area contributed by atoms with Gasteiger partial charge < -0.3 is 24.6 Å². The molecule has 0 spiro atoms. The van der Waals surface area contributed by atoms with Crippen molar-refractivity contribution in [2.24, 2.45) is 0 Å². The molecule has 3 atom stereocenters. The van der Waals surface area contributed by atoms with E-state index < -0.39 is 24.1 Å². The highest BCUT2D eigenvalue weighted by atomic mass is 16.6. The lowest BCUT2D eigenvalue weighted by molar-refractivity contribution is -0.127. The van der Waals surface area contributed by atoms with E-state index in [1.54, 1.807) is 6.92 Å². The Hall–Kier alpha value is -1.75. The molecule has 2 N–H and O–H groups in total. The lowest BCUT2D eigenvalue weighted by Crippen LogP contribution is -2.54. The van der Waals surface area contributed by atoms with Crippen LogP contribution in [0.3, 0.4) is 0 Å². The smallest absolute Gasteiger partial charge is 0.335 e. The molecule has 2 heterocycles. The van der Waals surface area contributed by atoms with E-state index in [-0.39, 0.29) is 31.9 Å². The number of urea groups is 2. The van der Waals surface area contributed by atoms with Crippen LogP contribution in [0.1, 0.15) is 13.8 Å². The Kier molecular flexibility index (Phi) is 7.12. The number of hydrogen-bond donors (Lipinski definition) is 2. The van der Waals surface area contributed by atoms with E-state index in [0.29, 0.717) is 26.4 Å². The van der Waals surface area contributed by atoms with E-state index in [9.17, 15) is 19.5 Å². The number of carbonyl (C=O) groups excluding carboxylic acids is 3. The van der Waals surface area contributed by atoms with Crippen LogP contribution in [0.25, 0.3) is 0 Å². The second-order valence-electron chi connectivity index (χ2n) is 5.93. The maximum absolute atomic E-state index is 12.7. The standard InChI is InChI=1S/C15H25N3O7/c1-3-23-7-11(20)5-17(10(2)19)15(22)18(6-13-9-25-13)14(21)16-4-12-8-24-12/h11-13,20H,3-9H2,1-2H3,(H,16,21). The Balaban J connectivity index is 1.98. The lowest BCUT2D eigenvalue weighted by atomic mass is 10.3. The molecule has 0 aromatic carbocycles. The van der Waals surface area contributed by atoms with Crippen molar-refractivity contribution in [3.63, 3.8) is 0 Å². The molecule has 0 radical (unpaired) electrons. The quantitative estimate of drug-likeness (QED) is 0.514. The van der Waals surface area contributed by atoms with Gasteiger partial charge in [-0.3, -0.25) is 9.69 Å². The van der Waals surface area contributed by atoms with Crippen LogP contribution < -0.4 is 5.32 Å². The van der Waals surface area contributed by atoms with Gasteiger partial charge in [0.2, 0.25) is 5.91 Å². The predicted octanol–water partition coefficient (Wildman–Crippen LogP) is -0.838. The molecule has 25 heavy (non-hydrogen) atoms. The summed E-state index contributed by atoms with van der Waals surface area (Å²) in [7, 11) is 0. The number of ether oxygens (including phenoxy) is 3. The summed E-state index contributed by atoms with van der Waals surface area (Å²) in [4.78, 5) is 38.6. The number of aliphatic hydroxyl groups excluding tert-OH is 1. The number of aliphatic hydroxyl groups is 1. The van der Waals surface area contributed by atoms with E-state index in [1.807, 2.05) is 0 Å². The van der Waals surface area contributed by atoms with Crippen molar-refractivity contribution in [2.75, 3.05) is 46.1 Å². The first-order valence-corrected chi connectivity index (χ1v) is 8.28. The summed E-state index contributed by atoms with van der Waals surface area (Å²) >= 11 is 0. The van der Waals surface area contributed by atoms with Crippen LogP contribution in [0.4, 0.5) is 9.59 Å². The second kappa shape index (κ2) is 9.09. The first-order valence-electron chi connectivity index (χ1n) is 8.28. The van der Waals surface area contributed by atoms with E-state index in [1.165, 1.54) is 6.92 Å². The maximum Gasteiger partial charge on any atom is 0.335 e. The number of nitrogens with zero attached hydrogens (tertiary/aromatic N) is 2. The van der Waals surface area contributed by atoms with E-state index in [0.717, 1.165) is 9.80 Å². The first-order chi connectivity index (χ1) is 11.9. The molecule has 10 nitrogen and oxygen atoms in total. The Morgan fingerprint density at radius 3 is 2.40 bits per heavy atom. The third-order valence-electron chi connectivity index (χ3n) is 3.67. The highest BCUT2D eigenvalue weighted by Crippen LogP contribution is 2.14. The summed E-state index contributed by atoms with van der Waals surface area (Å²) in [6.45, 7) is 4.47. The number of hydrogen-bond acceptors (Lipinski definition) is 7. The minimum atomic E-state index is -1.03. The molecule has 0 aromatic rings. The number of rotatable bonds is 9. The highest BCUT2D eigenvalue weighted by Gasteiger charge is 2.36. The molecule has 142 valence electrons. The first kappa shape index (κ1) is 19.6. The number of nitrogens with one attached hydrogen (secondary N) is 1.